The quantitative estimate of drug-likeness (QED) is 0.854. The van der Waals surface area contributed by atoms with Crippen molar-refractivity contribution >= 4 is 11.3 Å². The van der Waals surface area contributed by atoms with Gasteiger partial charge in [0.15, 0.2) is 0 Å². The molecular weight excluding hydrogens is 208 g/mol. The van der Waals surface area contributed by atoms with E-state index in [2.05, 4.69) is 36.0 Å². The Morgan fingerprint density at radius 1 is 1.47 bits per heavy atom. The number of hydrogen-bond acceptors (Lipinski definition) is 4. The largest absolute Gasteiger partial charge is 0.395 e. The summed E-state index contributed by atoms with van der Waals surface area (Å²) < 4.78 is 0. The molecule has 0 spiro atoms. The minimum atomic E-state index is 0.137. The maximum atomic E-state index is 8.79. The Hall–Kier alpha value is -0.450. The summed E-state index contributed by atoms with van der Waals surface area (Å²) in [6.07, 6.45) is 0. The lowest BCUT2D eigenvalue weighted by atomic mass is 9.98. The molecule has 0 bridgehead atoms. The fraction of sp³-hybridized carbons (Fsp3) is 0.727. The van der Waals surface area contributed by atoms with Gasteiger partial charge in [-0.3, -0.25) is 4.90 Å². The Balaban J connectivity index is 2.61. The van der Waals surface area contributed by atoms with Crippen LogP contribution in [0.15, 0.2) is 5.38 Å². The van der Waals surface area contributed by atoms with Gasteiger partial charge in [0.2, 0.25) is 0 Å². The van der Waals surface area contributed by atoms with Crippen molar-refractivity contribution in [3.8, 4) is 0 Å². The molecule has 0 aliphatic rings. The van der Waals surface area contributed by atoms with Crippen LogP contribution in [0.1, 0.15) is 31.5 Å². The van der Waals surface area contributed by atoms with Gasteiger partial charge in [-0.25, -0.2) is 4.98 Å². The average Bonchev–Trinajstić information content (AvgIpc) is 2.52. The first-order valence-electron chi connectivity index (χ1n) is 5.18. The predicted molar refractivity (Wildman–Crippen MR) is 64.2 cm³/mol. The van der Waals surface area contributed by atoms with Gasteiger partial charge in [0.05, 0.1) is 17.3 Å². The van der Waals surface area contributed by atoms with E-state index in [0.717, 1.165) is 12.2 Å². The number of rotatable bonds is 4. The van der Waals surface area contributed by atoms with Gasteiger partial charge in [-0.15, -0.1) is 11.3 Å². The smallest absolute Gasteiger partial charge is 0.0982 e. The first kappa shape index (κ1) is 12.6. The van der Waals surface area contributed by atoms with Crippen molar-refractivity contribution in [1.29, 1.82) is 0 Å². The van der Waals surface area contributed by atoms with Crippen molar-refractivity contribution in [2.24, 2.45) is 0 Å². The van der Waals surface area contributed by atoms with Gasteiger partial charge in [-0.1, -0.05) is 20.8 Å². The molecule has 0 atom stereocenters. The maximum absolute atomic E-state index is 8.79. The third kappa shape index (κ3) is 3.89. The van der Waals surface area contributed by atoms with E-state index < -0.39 is 0 Å². The van der Waals surface area contributed by atoms with Gasteiger partial charge in [-0.05, 0) is 7.05 Å². The molecule has 0 radical (unpaired) electrons. The summed E-state index contributed by atoms with van der Waals surface area (Å²) in [5.74, 6) is 0. The normalized spacial score (nSPS) is 12.4. The van der Waals surface area contributed by atoms with Gasteiger partial charge in [-0.2, -0.15) is 0 Å². The van der Waals surface area contributed by atoms with E-state index >= 15 is 0 Å². The SMILES string of the molecule is CN(CCO)Cc1csc(C(C)(C)C)n1. The Labute approximate surface area is 95.8 Å². The lowest BCUT2D eigenvalue weighted by Gasteiger charge is -2.15. The van der Waals surface area contributed by atoms with Gasteiger partial charge in [0.25, 0.3) is 0 Å². The average molecular weight is 228 g/mol. The van der Waals surface area contributed by atoms with Crippen molar-refractivity contribution in [1.82, 2.24) is 9.88 Å². The third-order valence-electron chi connectivity index (χ3n) is 2.11. The molecular formula is C11H20N2OS. The number of aliphatic hydroxyl groups is 1. The molecule has 86 valence electrons. The van der Waals surface area contributed by atoms with E-state index in [4.69, 9.17) is 5.11 Å². The van der Waals surface area contributed by atoms with Crippen LogP contribution in [-0.4, -0.2) is 35.2 Å². The topological polar surface area (TPSA) is 36.4 Å². The van der Waals surface area contributed by atoms with E-state index in [1.165, 1.54) is 5.01 Å². The number of aromatic nitrogens is 1. The zero-order chi connectivity index (χ0) is 11.5. The molecule has 0 aliphatic heterocycles. The second-order valence-corrected chi connectivity index (χ2v) is 5.71. The summed E-state index contributed by atoms with van der Waals surface area (Å²) in [4.78, 5) is 6.67. The summed E-state index contributed by atoms with van der Waals surface area (Å²) in [7, 11) is 1.99. The van der Waals surface area contributed by atoms with Crippen LogP contribution in [-0.2, 0) is 12.0 Å². The molecule has 1 rings (SSSR count). The summed E-state index contributed by atoms with van der Waals surface area (Å²) >= 11 is 1.72. The molecule has 0 aromatic carbocycles. The van der Waals surface area contributed by atoms with Crippen LogP contribution >= 0.6 is 11.3 Å². The monoisotopic (exact) mass is 228 g/mol. The van der Waals surface area contributed by atoms with Crippen LogP contribution in [0.3, 0.4) is 0 Å². The molecule has 0 saturated heterocycles. The van der Waals surface area contributed by atoms with E-state index in [0.29, 0.717) is 6.54 Å². The van der Waals surface area contributed by atoms with Gasteiger partial charge in [0, 0.05) is 23.9 Å². The molecule has 0 aliphatic carbocycles. The molecule has 0 amide bonds. The van der Waals surface area contributed by atoms with Crippen LogP contribution in [0.5, 0.6) is 0 Å². The Kier molecular flexibility index (Phi) is 4.25. The summed E-state index contributed by atoms with van der Waals surface area (Å²) in [6.45, 7) is 8.23. The standard InChI is InChI=1S/C11H20N2OS/c1-11(2,3)10-12-9(8-15-10)7-13(4)5-6-14/h8,14H,5-7H2,1-4H3. The van der Waals surface area contributed by atoms with E-state index in [1.807, 2.05) is 7.05 Å². The number of likely N-dealkylation sites (N-methyl/N-ethyl adjacent to an activating group) is 1. The van der Waals surface area contributed by atoms with E-state index in [9.17, 15) is 0 Å². The van der Waals surface area contributed by atoms with Crippen LogP contribution in [0.2, 0.25) is 0 Å². The molecule has 0 saturated carbocycles. The van der Waals surface area contributed by atoms with Crippen LogP contribution in [0, 0.1) is 0 Å². The number of nitrogens with zero attached hydrogens (tertiary/aromatic N) is 2. The van der Waals surface area contributed by atoms with Crippen LogP contribution in [0.4, 0.5) is 0 Å². The fourth-order valence-electron chi connectivity index (χ4n) is 1.25. The van der Waals surface area contributed by atoms with Crippen molar-refractivity contribution in [3.05, 3.63) is 16.1 Å². The molecule has 3 nitrogen and oxygen atoms in total. The zero-order valence-electron chi connectivity index (χ0n) is 9.95. The summed E-state index contributed by atoms with van der Waals surface area (Å²) in [5, 5.41) is 12.1. The summed E-state index contributed by atoms with van der Waals surface area (Å²) in [5.41, 5.74) is 1.24. The molecule has 1 heterocycles. The maximum Gasteiger partial charge on any atom is 0.0982 e. The minimum Gasteiger partial charge on any atom is -0.395 e. The van der Waals surface area contributed by atoms with Gasteiger partial charge < -0.3 is 5.11 Å². The van der Waals surface area contributed by atoms with E-state index in [-0.39, 0.29) is 12.0 Å². The lowest BCUT2D eigenvalue weighted by Crippen LogP contribution is -2.21. The van der Waals surface area contributed by atoms with Crippen molar-refractivity contribution in [2.45, 2.75) is 32.7 Å². The third-order valence-corrected chi connectivity index (χ3v) is 3.42. The molecule has 0 fully saturated rings. The number of aliphatic hydroxyl groups excluding tert-OH is 1. The molecule has 15 heavy (non-hydrogen) atoms. The lowest BCUT2D eigenvalue weighted by molar-refractivity contribution is 0.216. The Morgan fingerprint density at radius 3 is 2.60 bits per heavy atom. The van der Waals surface area contributed by atoms with Crippen molar-refractivity contribution < 1.29 is 5.11 Å². The molecule has 4 heteroatoms. The second kappa shape index (κ2) is 5.05. The van der Waals surface area contributed by atoms with Gasteiger partial charge in [0.1, 0.15) is 0 Å². The highest BCUT2D eigenvalue weighted by Crippen LogP contribution is 2.25. The minimum absolute atomic E-state index is 0.137. The number of thiazole rings is 1. The molecule has 1 N–H and O–H groups in total. The highest BCUT2D eigenvalue weighted by molar-refractivity contribution is 7.09. The van der Waals surface area contributed by atoms with Crippen LogP contribution in [0.25, 0.3) is 0 Å². The first-order chi connectivity index (χ1) is 6.93. The Bertz CT molecular complexity index is 304. The summed E-state index contributed by atoms with van der Waals surface area (Å²) in [6, 6.07) is 0. The highest BCUT2D eigenvalue weighted by atomic mass is 32.1. The molecule has 0 unspecified atom stereocenters. The number of hydrogen-bond donors (Lipinski definition) is 1. The predicted octanol–water partition coefficient (Wildman–Crippen LogP) is 1.86. The van der Waals surface area contributed by atoms with Crippen molar-refractivity contribution in [2.75, 3.05) is 20.2 Å². The Morgan fingerprint density at radius 2 is 2.13 bits per heavy atom. The molecule has 1 aromatic rings. The second-order valence-electron chi connectivity index (χ2n) is 4.86. The first-order valence-corrected chi connectivity index (χ1v) is 6.05. The van der Waals surface area contributed by atoms with Gasteiger partial charge >= 0.3 is 0 Å². The zero-order valence-corrected chi connectivity index (χ0v) is 10.8. The molecule has 1 aromatic heterocycles. The fourth-order valence-corrected chi connectivity index (χ4v) is 2.15. The van der Waals surface area contributed by atoms with Crippen molar-refractivity contribution in [3.63, 3.8) is 0 Å². The van der Waals surface area contributed by atoms with Crippen LogP contribution < -0.4 is 0 Å². The van der Waals surface area contributed by atoms with E-state index in [1.54, 1.807) is 11.3 Å². The highest BCUT2D eigenvalue weighted by Gasteiger charge is 2.18.